The summed E-state index contributed by atoms with van der Waals surface area (Å²) in [6.07, 6.45) is 3.43. The molecule has 0 bridgehead atoms. The predicted molar refractivity (Wildman–Crippen MR) is 115 cm³/mol. The number of carbonyl (C=O) groups is 1. The fourth-order valence-corrected chi connectivity index (χ4v) is 3.53. The topological polar surface area (TPSA) is 61.4 Å². The van der Waals surface area contributed by atoms with Crippen LogP contribution in [0.3, 0.4) is 0 Å². The predicted octanol–water partition coefficient (Wildman–Crippen LogP) is 3.04. The smallest absolute Gasteiger partial charge is 0.251 e. The molecule has 3 heterocycles. The second-order valence-electron chi connectivity index (χ2n) is 7.22. The van der Waals surface area contributed by atoms with Crippen molar-refractivity contribution in [3.63, 3.8) is 0 Å². The lowest BCUT2D eigenvalue weighted by molar-refractivity contribution is 0.0950. The molecule has 0 saturated carbocycles. The number of carbonyl (C=O) groups excluding carboxylic acids is 1. The number of nitrogens with zero attached hydrogens (tertiary/aromatic N) is 4. The SMILES string of the molecule is Cc1cccc(N2CCN(c3cc(C(=O)NCc4ccccn4)ccn3)CC2)c1. The van der Waals surface area contributed by atoms with Crippen LogP contribution in [0.4, 0.5) is 11.5 Å². The van der Waals surface area contributed by atoms with E-state index in [-0.39, 0.29) is 5.91 Å². The van der Waals surface area contributed by atoms with Crippen molar-refractivity contribution in [3.05, 3.63) is 83.8 Å². The van der Waals surface area contributed by atoms with E-state index in [1.807, 2.05) is 24.3 Å². The van der Waals surface area contributed by atoms with E-state index in [2.05, 4.69) is 56.3 Å². The van der Waals surface area contributed by atoms with Gasteiger partial charge in [0.1, 0.15) is 5.82 Å². The van der Waals surface area contributed by atoms with E-state index in [1.165, 1.54) is 11.3 Å². The second kappa shape index (κ2) is 8.73. The molecule has 0 unspecified atom stereocenters. The Morgan fingerprint density at radius 3 is 2.52 bits per heavy atom. The number of hydrogen-bond donors (Lipinski definition) is 1. The van der Waals surface area contributed by atoms with E-state index in [1.54, 1.807) is 18.5 Å². The molecule has 29 heavy (non-hydrogen) atoms. The summed E-state index contributed by atoms with van der Waals surface area (Å²) in [5, 5.41) is 2.92. The van der Waals surface area contributed by atoms with Gasteiger partial charge in [-0.1, -0.05) is 18.2 Å². The van der Waals surface area contributed by atoms with E-state index in [0.717, 1.165) is 37.7 Å². The van der Waals surface area contributed by atoms with Crippen LogP contribution >= 0.6 is 0 Å². The Morgan fingerprint density at radius 2 is 1.76 bits per heavy atom. The average molecular weight is 387 g/mol. The van der Waals surface area contributed by atoms with Crippen LogP contribution in [-0.4, -0.2) is 42.1 Å². The van der Waals surface area contributed by atoms with Crippen LogP contribution in [0.25, 0.3) is 0 Å². The molecule has 0 radical (unpaired) electrons. The first kappa shape index (κ1) is 18.9. The fraction of sp³-hybridized carbons (Fsp3) is 0.261. The number of rotatable bonds is 5. The van der Waals surface area contributed by atoms with Gasteiger partial charge in [-0.25, -0.2) is 4.98 Å². The maximum Gasteiger partial charge on any atom is 0.251 e. The minimum atomic E-state index is -0.113. The van der Waals surface area contributed by atoms with Gasteiger partial charge in [0.25, 0.3) is 5.91 Å². The van der Waals surface area contributed by atoms with E-state index in [9.17, 15) is 4.79 Å². The Labute approximate surface area is 171 Å². The molecule has 1 amide bonds. The van der Waals surface area contributed by atoms with Gasteiger partial charge in [0.2, 0.25) is 0 Å². The van der Waals surface area contributed by atoms with Gasteiger partial charge in [0.05, 0.1) is 12.2 Å². The zero-order chi connectivity index (χ0) is 20.1. The molecular weight excluding hydrogens is 362 g/mol. The molecule has 0 spiro atoms. The zero-order valence-electron chi connectivity index (χ0n) is 16.6. The summed E-state index contributed by atoms with van der Waals surface area (Å²) in [7, 11) is 0. The Bertz CT molecular complexity index is 968. The van der Waals surface area contributed by atoms with E-state index >= 15 is 0 Å². The molecule has 148 valence electrons. The summed E-state index contributed by atoms with van der Waals surface area (Å²) in [6.45, 7) is 6.14. The molecule has 2 aromatic heterocycles. The summed E-state index contributed by atoms with van der Waals surface area (Å²) < 4.78 is 0. The van der Waals surface area contributed by atoms with Gasteiger partial charge >= 0.3 is 0 Å². The lowest BCUT2D eigenvalue weighted by Gasteiger charge is -2.37. The molecule has 1 saturated heterocycles. The van der Waals surface area contributed by atoms with Crippen molar-refractivity contribution in [2.45, 2.75) is 13.5 Å². The minimum Gasteiger partial charge on any atom is -0.368 e. The van der Waals surface area contributed by atoms with Gasteiger partial charge in [0, 0.05) is 49.8 Å². The molecule has 3 aromatic rings. The highest BCUT2D eigenvalue weighted by molar-refractivity contribution is 5.94. The fourth-order valence-electron chi connectivity index (χ4n) is 3.53. The second-order valence-corrected chi connectivity index (χ2v) is 7.22. The molecular formula is C23H25N5O. The number of benzene rings is 1. The largest absolute Gasteiger partial charge is 0.368 e. The van der Waals surface area contributed by atoms with Crippen LogP contribution in [0, 0.1) is 6.92 Å². The van der Waals surface area contributed by atoms with Gasteiger partial charge in [-0.3, -0.25) is 9.78 Å². The number of nitrogens with one attached hydrogen (secondary N) is 1. The lowest BCUT2D eigenvalue weighted by Crippen LogP contribution is -2.46. The molecule has 0 aliphatic carbocycles. The van der Waals surface area contributed by atoms with Crippen molar-refractivity contribution >= 4 is 17.4 Å². The highest BCUT2D eigenvalue weighted by Crippen LogP contribution is 2.20. The summed E-state index contributed by atoms with van der Waals surface area (Å²) in [5.74, 6) is 0.733. The van der Waals surface area contributed by atoms with Gasteiger partial charge in [0.15, 0.2) is 0 Å². The van der Waals surface area contributed by atoms with Crippen LogP contribution in [0.1, 0.15) is 21.6 Å². The molecule has 0 atom stereocenters. The van der Waals surface area contributed by atoms with Crippen molar-refractivity contribution in [1.29, 1.82) is 0 Å². The first-order valence-corrected chi connectivity index (χ1v) is 9.90. The van der Waals surface area contributed by atoms with Crippen LogP contribution in [0.5, 0.6) is 0 Å². The highest BCUT2D eigenvalue weighted by atomic mass is 16.1. The number of aryl methyl sites for hydroxylation is 1. The molecule has 6 nitrogen and oxygen atoms in total. The number of pyridine rings is 2. The normalized spacial score (nSPS) is 14.0. The quantitative estimate of drug-likeness (QED) is 0.729. The zero-order valence-corrected chi connectivity index (χ0v) is 16.6. The third-order valence-corrected chi connectivity index (χ3v) is 5.13. The number of piperazine rings is 1. The number of hydrogen-bond acceptors (Lipinski definition) is 5. The average Bonchev–Trinajstić information content (AvgIpc) is 2.78. The van der Waals surface area contributed by atoms with E-state index in [0.29, 0.717) is 12.1 Å². The number of aromatic nitrogens is 2. The van der Waals surface area contributed by atoms with Crippen molar-refractivity contribution in [3.8, 4) is 0 Å². The van der Waals surface area contributed by atoms with Gasteiger partial charge < -0.3 is 15.1 Å². The van der Waals surface area contributed by atoms with Crippen LogP contribution < -0.4 is 15.1 Å². The Balaban J connectivity index is 1.37. The van der Waals surface area contributed by atoms with E-state index < -0.39 is 0 Å². The molecule has 1 fully saturated rings. The molecule has 4 rings (SSSR count). The summed E-state index contributed by atoms with van der Waals surface area (Å²) >= 11 is 0. The van der Waals surface area contributed by atoms with Gasteiger partial charge in [-0.05, 0) is 48.9 Å². The first-order valence-electron chi connectivity index (χ1n) is 9.90. The van der Waals surface area contributed by atoms with Gasteiger partial charge in [-0.15, -0.1) is 0 Å². The van der Waals surface area contributed by atoms with Crippen LogP contribution in [-0.2, 0) is 6.54 Å². The Morgan fingerprint density at radius 1 is 0.931 bits per heavy atom. The van der Waals surface area contributed by atoms with Crippen LogP contribution in [0.15, 0.2) is 67.0 Å². The third-order valence-electron chi connectivity index (χ3n) is 5.13. The number of amides is 1. The maximum atomic E-state index is 12.5. The minimum absolute atomic E-state index is 0.113. The standard InChI is InChI=1S/C23H25N5O/c1-18-5-4-7-21(15-18)27-11-13-28(14-12-27)22-16-19(8-10-25-22)23(29)26-17-20-6-2-3-9-24-20/h2-10,15-16H,11-14,17H2,1H3,(H,26,29). The first-order chi connectivity index (χ1) is 14.2. The summed E-state index contributed by atoms with van der Waals surface area (Å²) in [4.78, 5) is 25.9. The highest BCUT2D eigenvalue weighted by Gasteiger charge is 2.19. The molecule has 1 aliphatic rings. The molecule has 1 aliphatic heterocycles. The van der Waals surface area contributed by atoms with Crippen molar-refractivity contribution in [2.75, 3.05) is 36.0 Å². The maximum absolute atomic E-state index is 12.5. The van der Waals surface area contributed by atoms with E-state index in [4.69, 9.17) is 0 Å². The Kier molecular flexibility index (Phi) is 5.70. The number of anilines is 2. The summed E-state index contributed by atoms with van der Waals surface area (Å²) in [6, 6.07) is 17.9. The summed E-state index contributed by atoms with van der Waals surface area (Å²) in [5.41, 5.74) is 3.99. The third kappa shape index (κ3) is 4.71. The van der Waals surface area contributed by atoms with Crippen molar-refractivity contribution in [2.24, 2.45) is 0 Å². The Hall–Kier alpha value is -3.41. The molecule has 1 aromatic carbocycles. The molecule has 1 N–H and O–H groups in total. The van der Waals surface area contributed by atoms with Crippen molar-refractivity contribution in [1.82, 2.24) is 15.3 Å². The van der Waals surface area contributed by atoms with Gasteiger partial charge in [-0.2, -0.15) is 0 Å². The lowest BCUT2D eigenvalue weighted by atomic mass is 10.2. The monoisotopic (exact) mass is 387 g/mol. The van der Waals surface area contributed by atoms with Crippen molar-refractivity contribution < 1.29 is 4.79 Å². The van der Waals surface area contributed by atoms with Crippen LogP contribution in [0.2, 0.25) is 0 Å². The molecule has 6 heteroatoms.